The molecule has 10 nitrogen and oxygen atoms in total. The molecule has 3 aliphatic rings. The van der Waals surface area contributed by atoms with Crippen LogP contribution in [0.25, 0.3) is 22.3 Å². The lowest BCUT2D eigenvalue weighted by Crippen LogP contribution is -2.45. The first-order valence-corrected chi connectivity index (χ1v) is 24.8. The lowest BCUT2D eigenvalue weighted by atomic mass is 9.89. The van der Waals surface area contributed by atoms with E-state index in [2.05, 4.69) is 5.32 Å². The second-order valence-electron chi connectivity index (χ2n) is 17.7. The molecular weight excluding hydrogens is 861 g/mol. The molecule has 2 fully saturated rings. The van der Waals surface area contributed by atoms with Crippen LogP contribution in [0.5, 0.6) is 11.5 Å². The Bertz CT molecular complexity index is 2570. The number of rotatable bonds is 11. The van der Waals surface area contributed by atoms with Crippen LogP contribution in [0.15, 0.2) is 96.4 Å². The van der Waals surface area contributed by atoms with Gasteiger partial charge in [0.15, 0.2) is 10.9 Å². The molecule has 2 aliphatic heterocycles. The van der Waals surface area contributed by atoms with Gasteiger partial charge >= 0.3 is 6.18 Å². The second-order valence-corrected chi connectivity index (χ2v) is 21.2. The lowest BCUT2D eigenvalue weighted by molar-refractivity contribution is -0.142. The number of Topliss-reactive ketones (excluding diaryl/α,β-unsaturated/α-hetero) is 1. The molecule has 2 N–H and O–H groups in total. The minimum atomic E-state index is -4.62. The molecule has 1 amide bonds. The van der Waals surface area contributed by atoms with E-state index in [0.29, 0.717) is 65.0 Å². The van der Waals surface area contributed by atoms with Crippen molar-refractivity contribution in [1.29, 1.82) is 0 Å². The lowest BCUT2D eigenvalue weighted by Gasteiger charge is -2.30. The Kier molecular flexibility index (Phi) is 13.4. The number of ether oxygens (including phenoxy) is 2. The van der Waals surface area contributed by atoms with Crippen molar-refractivity contribution < 1.29 is 41.7 Å². The average molecular weight is 915 g/mol. The van der Waals surface area contributed by atoms with Crippen LogP contribution in [-0.4, -0.2) is 68.4 Å². The van der Waals surface area contributed by atoms with Crippen LogP contribution in [0.1, 0.15) is 81.9 Å². The van der Waals surface area contributed by atoms with Crippen LogP contribution in [0.3, 0.4) is 0 Å². The standard InChI is InChI=1S/C49H54F3N4O6PS/c1-31(2)53-47-55-42(30-64-47)41-25-45(38-21-20-36(61-3)23-40(38)54-41)62-37-24-43-44(57)27-48(63(59,60)29-32-14-8-7-9-15-32)26-35(48)18-11-6-4-5-10-17-34(46(58)56(43)28-37)22-33-16-12-13-19-39(33)49(50,51)52/h7-9,11-16,18-21,23,25,30-31,34-35,37,43H,4-6,10,17,22,24,26-29H2,1-3H3,(H,53,55)(H,59,60)/b18-11-/t34?,35-,37+,43-,48+/m0/s1. The summed E-state index contributed by atoms with van der Waals surface area (Å²) in [5.41, 5.74) is 1.66. The maximum atomic E-state index is 15.1. The van der Waals surface area contributed by atoms with E-state index in [9.17, 15) is 27.4 Å². The zero-order valence-corrected chi connectivity index (χ0v) is 37.9. The average Bonchev–Trinajstić information content (AvgIpc) is 3.53. The van der Waals surface area contributed by atoms with Gasteiger partial charge in [-0.3, -0.25) is 14.2 Å². The highest BCUT2D eigenvalue weighted by Gasteiger charge is 2.65. The van der Waals surface area contributed by atoms with E-state index in [4.69, 9.17) is 19.4 Å². The quantitative estimate of drug-likeness (QED) is 0.0982. The summed E-state index contributed by atoms with van der Waals surface area (Å²) in [4.78, 5) is 53.2. The molecule has 2 unspecified atom stereocenters. The number of aromatic nitrogens is 2. The number of anilines is 1. The third kappa shape index (κ3) is 9.94. The normalized spacial score (nSPS) is 24.6. The topological polar surface area (TPSA) is 131 Å². The number of nitrogens with zero attached hydrogens (tertiary/aromatic N) is 3. The Morgan fingerprint density at radius 1 is 1.00 bits per heavy atom. The van der Waals surface area contributed by atoms with Gasteiger partial charge in [-0.15, -0.1) is 11.3 Å². The predicted molar refractivity (Wildman–Crippen MR) is 244 cm³/mol. The van der Waals surface area contributed by atoms with Gasteiger partial charge in [-0.25, -0.2) is 9.97 Å². The summed E-state index contributed by atoms with van der Waals surface area (Å²) >= 11 is 1.45. The van der Waals surface area contributed by atoms with Crippen molar-refractivity contribution in [2.75, 3.05) is 19.0 Å². The molecule has 338 valence electrons. The van der Waals surface area contributed by atoms with Crippen LogP contribution in [0, 0.1) is 11.8 Å². The maximum Gasteiger partial charge on any atom is 0.416 e. The molecule has 15 heteroatoms. The highest BCUT2D eigenvalue weighted by molar-refractivity contribution is 7.59. The van der Waals surface area contributed by atoms with Crippen LogP contribution in [-0.2, 0) is 32.9 Å². The number of fused-ring (bicyclic) bond motifs is 3. The fourth-order valence-corrected chi connectivity index (χ4v) is 12.8. The monoisotopic (exact) mass is 914 g/mol. The number of nitrogens with one attached hydrogen (secondary N) is 1. The number of thiazole rings is 1. The van der Waals surface area contributed by atoms with Crippen LogP contribution in [0.4, 0.5) is 18.3 Å². The molecule has 0 bridgehead atoms. The number of carbonyl (C=O) groups is 2. The van der Waals surface area contributed by atoms with E-state index in [1.807, 2.05) is 55.6 Å². The fraction of sp³-hybridized carbons (Fsp3) is 0.429. The first-order valence-electron chi connectivity index (χ1n) is 22.0. The number of ketones is 1. The minimum absolute atomic E-state index is 0.0156. The number of alkyl halides is 3. The number of amides is 1. The summed E-state index contributed by atoms with van der Waals surface area (Å²) in [6, 6.07) is 20.8. The SMILES string of the molecule is COc1ccc2c(O[C@@H]3C[C@H]4C(=O)C[C@]5(P(=O)(O)Cc6ccccc6)C[C@@H]5/C=C\CCCCCC(Cc5ccccc5C(F)(F)F)C(=O)N4C3)cc(-c3csc(NC(C)C)n3)nc2c1. The fourth-order valence-electron chi connectivity index (χ4n) is 9.43. The predicted octanol–water partition coefficient (Wildman–Crippen LogP) is 11.1. The van der Waals surface area contributed by atoms with E-state index in [-0.39, 0.29) is 55.3 Å². The van der Waals surface area contributed by atoms with Crippen LogP contribution in [0.2, 0.25) is 0 Å². The molecule has 1 saturated heterocycles. The van der Waals surface area contributed by atoms with Crippen molar-refractivity contribution in [3.63, 3.8) is 0 Å². The molecule has 64 heavy (non-hydrogen) atoms. The summed E-state index contributed by atoms with van der Waals surface area (Å²) in [6.07, 6.45) is 1.75. The van der Waals surface area contributed by atoms with Gasteiger partial charge in [-0.05, 0) is 81.2 Å². The smallest absolute Gasteiger partial charge is 0.416 e. The third-order valence-electron chi connectivity index (χ3n) is 12.8. The molecule has 1 saturated carbocycles. The molecule has 6 atom stereocenters. The van der Waals surface area contributed by atoms with E-state index < -0.39 is 48.2 Å². The second kappa shape index (κ2) is 18.8. The number of hydrogen-bond donors (Lipinski definition) is 2. The molecule has 3 aromatic carbocycles. The van der Waals surface area contributed by atoms with Crippen molar-refractivity contribution in [2.45, 2.75) is 107 Å². The Morgan fingerprint density at radius 2 is 1.78 bits per heavy atom. The summed E-state index contributed by atoms with van der Waals surface area (Å²) in [5, 5.41) is 5.40. The third-order valence-corrected chi connectivity index (χ3v) is 16.4. The summed E-state index contributed by atoms with van der Waals surface area (Å²) in [5.74, 6) is -0.915. The Balaban J connectivity index is 1.17. The Labute approximate surface area is 375 Å². The maximum absolute atomic E-state index is 15.1. The van der Waals surface area contributed by atoms with E-state index >= 15 is 4.79 Å². The van der Waals surface area contributed by atoms with E-state index in [0.717, 1.165) is 24.0 Å². The van der Waals surface area contributed by atoms with Crippen LogP contribution >= 0.6 is 18.7 Å². The van der Waals surface area contributed by atoms with Gasteiger partial charge < -0.3 is 24.6 Å². The number of pyridine rings is 1. The van der Waals surface area contributed by atoms with Crippen molar-refractivity contribution in [2.24, 2.45) is 11.8 Å². The molecule has 0 spiro atoms. The highest BCUT2D eigenvalue weighted by atomic mass is 32.1. The number of halogens is 3. The van der Waals surface area contributed by atoms with Crippen molar-refractivity contribution >= 4 is 46.4 Å². The van der Waals surface area contributed by atoms with Gasteiger partial charge in [0.2, 0.25) is 13.3 Å². The molecule has 5 aromatic rings. The summed E-state index contributed by atoms with van der Waals surface area (Å²) in [7, 11) is -2.45. The molecule has 0 radical (unpaired) electrons. The first kappa shape index (κ1) is 45.5. The highest BCUT2D eigenvalue weighted by Crippen LogP contribution is 2.74. The van der Waals surface area contributed by atoms with Gasteiger partial charge in [-0.2, -0.15) is 13.2 Å². The molecule has 8 rings (SSSR count). The number of hydrogen-bond acceptors (Lipinski definition) is 9. The van der Waals surface area contributed by atoms with Crippen molar-refractivity contribution in [1.82, 2.24) is 14.9 Å². The van der Waals surface area contributed by atoms with Crippen molar-refractivity contribution in [3.05, 3.63) is 113 Å². The molecule has 4 heterocycles. The van der Waals surface area contributed by atoms with Crippen LogP contribution < -0.4 is 14.8 Å². The van der Waals surface area contributed by atoms with Gasteiger partial charge in [-0.1, -0.05) is 73.5 Å². The van der Waals surface area contributed by atoms with Gasteiger partial charge in [0.1, 0.15) is 23.3 Å². The zero-order chi connectivity index (χ0) is 45.2. The molecule has 1 aliphatic carbocycles. The summed E-state index contributed by atoms with van der Waals surface area (Å²) in [6.45, 7) is 4.03. The first-order chi connectivity index (χ1) is 30.6. The molecule has 2 aromatic heterocycles. The number of benzene rings is 3. The number of methoxy groups -OCH3 is 1. The van der Waals surface area contributed by atoms with E-state index in [1.54, 1.807) is 43.5 Å². The Hall–Kier alpha value is -5.04. The Morgan fingerprint density at radius 3 is 2.55 bits per heavy atom. The summed E-state index contributed by atoms with van der Waals surface area (Å²) < 4.78 is 70.0. The van der Waals surface area contributed by atoms with E-state index in [1.165, 1.54) is 28.4 Å². The molecular formula is C49H54F3N4O6PS. The number of carbonyl (C=O) groups excluding carboxylic acids is 2. The van der Waals surface area contributed by atoms with Gasteiger partial charge in [0, 0.05) is 47.7 Å². The van der Waals surface area contributed by atoms with Gasteiger partial charge in [0.25, 0.3) is 0 Å². The number of allylic oxidation sites excluding steroid dienone is 2. The van der Waals surface area contributed by atoms with Gasteiger partial charge in [0.05, 0.1) is 47.8 Å². The largest absolute Gasteiger partial charge is 0.497 e. The minimum Gasteiger partial charge on any atom is -0.497 e. The van der Waals surface area contributed by atoms with Crippen molar-refractivity contribution in [3.8, 4) is 22.9 Å². The zero-order valence-electron chi connectivity index (χ0n) is 36.2.